The van der Waals surface area contributed by atoms with Gasteiger partial charge in [0.15, 0.2) is 0 Å². The number of hydrogen-bond donors (Lipinski definition) is 0. The number of rotatable bonds is 3. The van der Waals surface area contributed by atoms with Crippen LogP contribution >= 0.6 is 11.3 Å². The molecule has 4 rings (SSSR count). The topological polar surface area (TPSA) is 34.4 Å². The fourth-order valence-corrected chi connectivity index (χ4v) is 4.14. The Balaban J connectivity index is 1.30. The fourth-order valence-electron chi connectivity index (χ4n) is 3.22. The van der Waals surface area contributed by atoms with E-state index in [1.54, 1.807) is 0 Å². The first-order chi connectivity index (χ1) is 12.7. The smallest absolute Gasteiger partial charge is 0.223 e. The van der Waals surface area contributed by atoms with Gasteiger partial charge in [-0.3, -0.25) is 0 Å². The Morgan fingerprint density at radius 3 is 2.35 bits per heavy atom. The van der Waals surface area contributed by atoms with Crippen LogP contribution in [-0.2, 0) is 6.54 Å². The number of halogens is 1. The predicted molar refractivity (Wildman–Crippen MR) is 106 cm³/mol. The van der Waals surface area contributed by atoms with Crippen LogP contribution in [0.25, 0.3) is 0 Å². The van der Waals surface area contributed by atoms with E-state index in [0.29, 0.717) is 6.67 Å². The average molecular weight is 371 g/mol. The van der Waals surface area contributed by atoms with Gasteiger partial charge in [-0.2, -0.15) is 0 Å². The summed E-state index contributed by atoms with van der Waals surface area (Å²) in [5.41, 5.74) is 1.07. The van der Waals surface area contributed by atoms with Crippen molar-refractivity contribution in [1.29, 1.82) is 0 Å². The number of piperazine rings is 1. The SMILES string of the molecule is Cc1ccc(CN2C=NC(N3CCN(c4ccc(F)cc4)CC3)=NC2)s1. The van der Waals surface area contributed by atoms with Gasteiger partial charge < -0.3 is 14.7 Å². The molecular weight excluding hydrogens is 349 g/mol. The van der Waals surface area contributed by atoms with Gasteiger partial charge in [0.1, 0.15) is 12.5 Å². The van der Waals surface area contributed by atoms with Crippen LogP contribution in [0, 0.1) is 12.7 Å². The number of anilines is 1. The van der Waals surface area contributed by atoms with Crippen molar-refractivity contribution in [2.24, 2.45) is 9.98 Å². The largest absolute Gasteiger partial charge is 0.368 e. The fraction of sp³-hybridized carbons (Fsp3) is 0.368. The van der Waals surface area contributed by atoms with Crippen molar-refractivity contribution < 1.29 is 4.39 Å². The highest BCUT2D eigenvalue weighted by Gasteiger charge is 2.21. The molecule has 0 N–H and O–H groups in total. The lowest BCUT2D eigenvalue weighted by molar-refractivity contribution is 0.367. The van der Waals surface area contributed by atoms with Gasteiger partial charge in [0.25, 0.3) is 0 Å². The van der Waals surface area contributed by atoms with Crippen LogP contribution in [0.3, 0.4) is 0 Å². The number of aliphatic imine (C=N–C) groups is 2. The zero-order chi connectivity index (χ0) is 17.9. The zero-order valence-corrected chi connectivity index (χ0v) is 15.6. The zero-order valence-electron chi connectivity index (χ0n) is 14.8. The first-order valence-electron chi connectivity index (χ1n) is 8.81. The van der Waals surface area contributed by atoms with E-state index in [4.69, 9.17) is 0 Å². The first-order valence-corrected chi connectivity index (χ1v) is 9.62. The Kier molecular flexibility index (Phi) is 4.88. The number of hydrogen-bond acceptors (Lipinski definition) is 6. The molecule has 0 bridgehead atoms. The van der Waals surface area contributed by atoms with Crippen molar-refractivity contribution in [2.45, 2.75) is 13.5 Å². The second kappa shape index (κ2) is 7.45. The Bertz CT molecular complexity index is 806. The van der Waals surface area contributed by atoms with Gasteiger partial charge in [0.2, 0.25) is 5.96 Å². The second-order valence-electron chi connectivity index (χ2n) is 6.55. The summed E-state index contributed by atoms with van der Waals surface area (Å²) in [6.45, 7) is 7.15. The van der Waals surface area contributed by atoms with E-state index in [2.05, 4.69) is 43.7 Å². The highest BCUT2D eigenvalue weighted by atomic mass is 32.1. The highest BCUT2D eigenvalue weighted by molar-refractivity contribution is 7.11. The van der Waals surface area contributed by atoms with Crippen LogP contribution in [0.5, 0.6) is 0 Å². The lowest BCUT2D eigenvalue weighted by Gasteiger charge is -2.37. The van der Waals surface area contributed by atoms with Crippen LogP contribution in [0.15, 0.2) is 46.4 Å². The molecule has 1 fully saturated rings. The van der Waals surface area contributed by atoms with Crippen molar-refractivity contribution in [3.8, 4) is 0 Å². The van der Waals surface area contributed by atoms with E-state index in [1.165, 1.54) is 21.9 Å². The standard InChI is InChI=1S/C19H22FN5S/c1-15-2-7-18(26-15)12-23-13-21-19(22-14-23)25-10-8-24(9-11-25)17-5-3-16(20)4-6-17/h2-7,13H,8-12,14H2,1H3. The Hall–Kier alpha value is -2.41. The summed E-state index contributed by atoms with van der Waals surface area (Å²) in [6, 6.07) is 11.0. The predicted octanol–water partition coefficient (Wildman–Crippen LogP) is 3.18. The molecule has 0 unspecified atom stereocenters. The minimum absolute atomic E-state index is 0.194. The minimum atomic E-state index is -0.194. The molecule has 1 aromatic carbocycles. The molecule has 7 heteroatoms. The van der Waals surface area contributed by atoms with Crippen molar-refractivity contribution in [3.63, 3.8) is 0 Å². The third-order valence-electron chi connectivity index (χ3n) is 4.64. The van der Waals surface area contributed by atoms with Crippen molar-refractivity contribution >= 4 is 29.3 Å². The quantitative estimate of drug-likeness (QED) is 0.831. The summed E-state index contributed by atoms with van der Waals surface area (Å²) in [6.07, 6.45) is 1.91. The van der Waals surface area contributed by atoms with Crippen molar-refractivity contribution in [3.05, 3.63) is 52.0 Å². The maximum absolute atomic E-state index is 13.1. The van der Waals surface area contributed by atoms with Gasteiger partial charge in [-0.15, -0.1) is 11.3 Å². The van der Waals surface area contributed by atoms with E-state index >= 15 is 0 Å². The van der Waals surface area contributed by atoms with Gasteiger partial charge >= 0.3 is 0 Å². The molecule has 3 heterocycles. The normalized spacial score (nSPS) is 17.6. The molecular formula is C19H22FN5S. The van der Waals surface area contributed by atoms with E-state index < -0.39 is 0 Å². The summed E-state index contributed by atoms with van der Waals surface area (Å²) in [4.78, 5) is 18.5. The molecule has 2 aromatic rings. The van der Waals surface area contributed by atoms with Gasteiger partial charge in [-0.1, -0.05) is 0 Å². The van der Waals surface area contributed by atoms with E-state index in [9.17, 15) is 4.39 Å². The number of nitrogens with zero attached hydrogens (tertiary/aromatic N) is 5. The van der Waals surface area contributed by atoms with Crippen LogP contribution in [0.2, 0.25) is 0 Å². The number of benzene rings is 1. The molecule has 0 atom stereocenters. The lowest BCUT2D eigenvalue weighted by atomic mass is 10.2. The van der Waals surface area contributed by atoms with Crippen LogP contribution < -0.4 is 4.90 Å². The van der Waals surface area contributed by atoms with E-state index in [1.807, 2.05) is 29.8 Å². The monoisotopic (exact) mass is 371 g/mol. The van der Waals surface area contributed by atoms with Gasteiger partial charge in [-0.25, -0.2) is 14.4 Å². The van der Waals surface area contributed by atoms with Crippen molar-refractivity contribution in [2.75, 3.05) is 37.7 Å². The summed E-state index contributed by atoms with van der Waals surface area (Å²) < 4.78 is 13.1. The summed E-state index contributed by atoms with van der Waals surface area (Å²) in [7, 11) is 0. The minimum Gasteiger partial charge on any atom is -0.368 e. The Morgan fingerprint density at radius 1 is 1.00 bits per heavy atom. The lowest BCUT2D eigenvalue weighted by Crippen LogP contribution is -2.49. The Morgan fingerprint density at radius 2 is 1.73 bits per heavy atom. The molecule has 0 aliphatic carbocycles. The summed E-state index contributed by atoms with van der Waals surface area (Å²) in [5, 5.41) is 0. The van der Waals surface area contributed by atoms with Crippen molar-refractivity contribution in [1.82, 2.24) is 9.80 Å². The molecule has 1 saturated heterocycles. The number of aryl methyl sites for hydroxylation is 1. The summed E-state index contributed by atoms with van der Waals surface area (Å²) in [5.74, 6) is 0.628. The first kappa shape index (κ1) is 17.0. The molecule has 5 nitrogen and oxygen atoms in total. The maximum Gasteiger partial charge on any atom is 0.223 e. The number of thiophene rings is 1. The molecule has 1 aromatic heterocycles. The molecule has 0 radical (unpaired) electrons. The molecule has 2 aliphatic heterocycles. The van der Waals surface area contributed by atoms with E-state index in [0.717, 1.165) is 44.4 Å². The maximum atomic E-state index is 13.1. The van der Waals surface area contributed by atoms with Gasteiger partial charge in [-0.05, 0) is 43.3 Å². The molecule has 26 heavy (non-hydrogen) atoms. The second-order valence-corrected chi connectivity index (χ2v) is 7.93. The highest BCUT2D eigenvalue weighted by Crippen LogP contribution is 2.19. The number of guanidine groups is 1. The third kappa shape index (κ3) is 3.88. The Labute approximate surface area is 157 Å². The molecule has 0 saturated carbocycles. The molecule has 136 valence electrons. The molecule has 0 spiro atoms. The van der Waals surface area contributed by atoms with Gasteiger partial charge in [0, 0.05) is 41.6 Å². The third-order valence-corrected chi connectivity index (χ3v) is 5.62. The van der Waals surface area contributed by atoms with Crippen LogP contribution in [0.1, 0.15) is 9.75 Å². The van der Waals surface area contributed by atoms with E-state index in [-0.39, 0.29) is 5.82 Å². The molecule has 0 amide bonds. The van der Waals surface area contributed by atoms with Crippen LogP contribution in [-0.4, -0.2) is 54.9 Å². The summed E-state index contributed by atoms with van der Waals surface area (Å²) >= 11 is 1.82. The molecule has 2 aliphatic rings. The van der Waals surface area contributed by atoms with Crippen LogP contribution in [0.4, 0.5) is 10.1 Å². The van der Waals surface area contributed by atoms with Gasteiger partial charge in [0.05, 0.1) is 12.9 Å². The average Bonchev–Trinajstić information content (AvgIpc) is 3.08.